The second-order valence-electron chi connectivity index (χ2n) is 2.72. The van der Waals surface area contributed by atoms with Crippen molar-refractivity contribution in [3.8, 4) is 0 Å². The van der Waals surface area contributed by atoms with Crippen LogP contribution in [-0.4, -0.2) is 15.0 Å². The predicted octanol–water partition coefficient (Wildman–Crippen LogP) is 2.77. The van der Waals surface area contributed by atoms with E-state index in [4.69, 9.17) is 0 Å². The maximum absolute atomic E-state index is 4.07. The molecular formula is C11H9N3S. The normalized spacial score (nSPS) is 9.33. The van der Waals surface area contributed by atoms with Crippen molar-refractivity contribution in [1.82, 2.24) is 15.0 Å². The molecule has 0 atom stereocenters. The molecule has 4 heteroatoms. The van der Waals surface area contributed by atoms with Crippen molar-refractivity contribution in [2.45, 2.75) is 0 Å². The molecule has 0 unspecified atom stereocenters. The van der Waals surface area contributed by atoms with Crippen LogP contribution in [0.4, 0.5) is 0 Å². The third kappa shape index (κ3) is 2.82. The molecular weight excluding hydrogens is 206 g/mol. The zero-order valence-corrected chi connectivity index (χ0v) is 8.76. The first kappa shape index (κ1) is 9.73. The molecule has 0 aliphatic rings. The van der Waals surface area contributed by atoms with Gasteiger partial charge < -0.3 is 0 Å². The SMILES string of the molecule is c1cc2scnc2cn1.c1ccncc1. The first-order valence-corrected chi connectivity index (χ1v) is 5.33. The predicted molar refractivity (Wildman–Crippen MR) is 61.7 cm³/mol. The summed E-state index contributed by atoms with van der Waals surface area (Å²) in [6, 6.07) is 7.68. The van der Waals surface area contributed by atoms with Crippen molar-refractivity contribution in [1.29, 1.82) is 0 Å². The van der Waals surface area contributed by atoms with E-state index in [2.05, 4.69) is 15.0 Å². The fourth-order valence-electron chi connectivity index (χ4n) is 1.02. The van der Waals surface area contributed by atoms with Crippen molar-refractivity contribution in [2.24, 2.45) is 0 Å². The van der Waals surface area contributed by atoms with Gasteiger partial charge in [0.25, 0.3) is 0 Å². The second kappa shape index (κ2) is 5.17. The molecule has 0 aliphatic carbocycles. The molecule has 0 spiro atoms. The van der Waals surface area contributed by atoms with Gasteiger partial charge in [0.1, 0.15) is 0 Å². The van der Waals surface area contributed by atoms with E-state index >= 15 is 0 Å². The molecule has 0 amide bonds. The largest absolute Gasteiger partial charge is 0.265 e. The summed E-state index contributed by atoms with van der Waals surface area (Å²) in [5.74, 6) is 0. The fraction of sp³-hybridized carbons (Fsp3) is 0. The lowest BCUT2D eigenvalue weighted by Gasteiger charge is -1.80. The van der Waals surface area contributed by atoms with E-state index in [1.165, 1.54) is 4.70 Å². The van der Waals surface area contributed by atoms with Gasteiger partial charge in [-0.15, -0.1) is 11.3 Å². The van der Waals surface area contributed by atoms with Crippen LogP contribution in [0.25, 0.3) is 10.2 Å². The summed E-state index contributed by atoms with van der Waals surface area (Å²) >= 11 is 1.64. The molecule has 3 rings (SSSR count). The van der Waals surface area contributed by atoms with Crippen molar-refractivity contribution in [2.75, 3.05) is 0 Å². The van der Waals surface area contributed by atoms with Gasteiger partial charge >= 0.3 is 0 Å². The number of rotatable bonds is 0. The van der Waals surface area contributed by atoms with E-state index in [-0.39, 0.29) is 0 Å². The molecule has 3 heterocycles. The summed E-state index contributed by atoms with van der Waals surface area (Å²) in [5, 5.41) is 0. The summed E-state index contributed by atoms with van der Waals surface area (Å²) in [5.41, 5.74) is 2.81. The monoisotopic (exact) mass is 215 g/mol. The number of thiazole rings is 1. The number of hydrogen-bond acceptors (Lipinski definition) is 4. The molecule has 15 heavy (non-hydrogen) atoms. The van der Waals surface area contributed by atoms with Crippen LogP contribution in [0, 0.1) is 0 Å². The van der Waals surface area contributed by atoms with Crippen LogP contribution in [0.15, 0.2) is 54.6 Å². The number of aromatic nitrogens is 3. The van der Waals surface area contributed by atoms with Gasteiger partial charge in [0, 0.05) is 18.6 Å². The summed E-state index contributed by atoms with van der Waals surface area (Å²) in [7, 11) is 0. The molecule has 0 bridgehead atoms. The smallest absolute Gasteiger partial charge is 0.0995 e. The third-order valence-electron chi connectivity index (χ3n) is 1.70. The molecule has 0 saturated heterocycles. The minimum Gasteiger partial charge on any atom is -0.265 e. The molecule has 0 aliphatic heterocycles. The van der Waals surface area contributed by atoms with Gasteiger partial charge in [0.2, 0.25) is 0 Å². The van der Waals surface area contributed by atoms with E-state index in [1.54, 1.807) is 36.1 Å². The highest BCUT2D eigenvalue weighted by Gasteiger charge is 1.90. The molecule has 0 N–H and O–H groups in total. The minimum atomic E-state index is 0.988. The van der Waals surface area contributed by atoms with Crippen LogP contribution in [0.2, 0.25) is 0 Å². The highest BCUT2D eigenvalue weighted by atomic mass is 32.1. The summed E-state index contributed by atoms with van der Waals surface area (Å²) < 4.78 is 1.20. The van der Waals surface area contributed by atoms with Crippen molar-refractivity contribution in [3.63, 3.8) is 0 Å². The Balaban J connectivity index is 0.000000124. The lowest BCUT2D eigenvalue weighted by Crippen LogP contribution is -1.67. The van der Waals surface area contributed by atoms with Crippen LogP contribution in [-0.2, 0) is 0 Å². The van der Waals surface area contributed by atoms with Crippen LogP contribution >= 0.6 is 11.3 Å². The van der Waals surface area contributed by atoms with E-state index in [0.29, 0.717) is 0 Å². The Kier molecular flexibility index (Phi) is 3.35. The fourth-order valence-corrected chi connectivity index (χ4v) is 1.67. The van der Waals surface area contributed by atoms with Crippen molar-refractivity contribution >= 4 is 21.6 Å². The maximum atomic E-state index is 4.07. The second-order valence-corrected chi connectivity index (χ2v) is 3.61. The van der Waals surface area contributed by atoms with Gasteiger partial charge in [0.15, 0.2) is 0 Å². The molecule has 0 fully saturated rings. The number of pyridine rings is 2. The topological polar surface area (TPSA) is 38.7 Å². The molecule has 74 valence electrons. The van der Waals surface area contributed by atoms with Gasteiger partial charge in [-0.3, -0.25) is 9.97 Å². The van der Waals surface area contributed by atoms with Gasteiger partial charge in [-0.05, 0) is 18.2 Å². The first-order valence-electron chi connectivity index (χ1n) is 4.45. The van der Waals surface area contributed by atoms with Crippen LogP contribution in [0.1, 0.15) is 0 Å². The average Bonchev–Trinajstić information content (AvgIpc) is 2.80. The molecule has 3 nitrogen and oxygen atoms in total. The zero-order valence-electron chi connectivity index (χ0n) is 7.95. The Morgan fingerprint density at radius 1 is 0.933 bits per heavy atom. The highest BCUT2D eigenvalue weighted by Crippen LogP contribution is 2.14. The lowest BCUT2D eigenvalue weighted by atomic mass is 10.5. The number of nitrogens with zero attached hydrogens (tertiary/aromatic N) is 3. The Morgan fingerprint density at radius 3 is 2.40 bits per heavy atom. The summed E-state index contributed by atoms with van der Waals surface area (Å²) in [6.07, 6.45) is 7.05. The maximum Gasteiger partial charge on any atom is 0.0995 e. The van der Waals surface area contributed by atoms with Crippen LogP contribution in [0.5, 0.6) is 0 Å². The van der Waals surface area contributed by atoms with E-state index in [1.807, 2.05) is 29.8 Å². The zero-order chi connectivity index (χ0) is 10.3. The number of fused-ring (bicyclic) bond motifs is 1. The van der Waals surface area contributed by atoms with Gasteiger partial charge in [-0.2, -0.15) is 0 Å². The van der Waals surface area contributed by atoms with Crippen LogP contribution < -0.4 is 0 Å². The van der Waals surface area contributed by atoms with Gasteiger partial charge in [-0.1, -0.05) is 6.07 Å². The molecule has 3 aromatic heterocycles. The first-order chi connectivity index (χ1) is 7.47. The van der Waals surface area contributed by atoms with E-state index in [0.717, 1.165) is 5.52 Å². The average molecular weight is 215 g/mol. The minimum absolute atomic E-state index is 0.988. The molecule has 0 radical (unpaired) electrons. The lowest BCUT2D eigenvalue weighted by molar-refractivity contribution is 1.33. The Morgan fingerprint density at radius 2 is 1.80 bits per heavy atom. The standard InChI is InChI=1S/C6H4N2S.C5H5N/c1-2-7-3-5-6(1)9-4-8-5;1-2-4-6-5-3-1/h1-4H;1-5H. The highest BCUT2D eigenvalue weighted by molar-refractivity contribution is 7.16. The Bertz CT molecular complexity index is 450. The Hall–Kier alpha value is -1.81. The quantitative estimate of drug-likeness (QED) is 0.578. The third-order valence-corrected chi connectivity index (χ3v) is 2.51. The van der Waals surface area contributed by atoms with Crippen molar-refractivity contribution < 1.29 is 0 Å². The number of hydrogen-bond donors (Lipinski definition) is 0. The molecule has 0 aromatic carbocycles. The summed E-state index contributed by atoms with van der Waals surface area (Å²) in [6.45, 7) is 0. The van der Waals surface area contributed by atoms with Gasteiger partial charge in [-0.25, -0.2) is 4.98 Å². The molecule has 3 aromatic rings. The summed E-state index contributed by atoms with van der Waals surface area (Å²) in [4.78, 5) is 11.8. The van der Waals surface area contributed by atoms with E-state index < -0.39 is 0 Å². The Labute approximate surface area is 91.5 Å². The van der Waals surface area contributed by atoms with Gasteiger partial charge in [0.05, 0.1) is 21.9 Å². The van der Waals surface area contributed by atoms with Crippen molar-refractivity contribution in [3.05, 3.63) is 54.6 Å². The molecule has 0 saturated carbocycles. The van der Waals surface area contributed by atoms with E-state index in [9.17, 15) is 0 Å². The van der Waals surface area contributed by atoms with Crippen LogP contribution in [0.3, 0.4) is 0 Å².